The van der Waals surface area contributed by atoms with Crippen LogP contribution in [0.15, 0.2) is 54.6 Å². The molecule has 0 aliphatic heterocycles. The molecule has 2 heteroatoms. The van der Waals surface area contributed by atoms with E-state index in [9.17, 15) is 4.39 Å². The standard InChI is InChI=1S/C17H20FN/c1-19-13-16(15-7-3-2-4-8-15)11-10-14-6-5-9-17(18)12-14/h2-9,12,16,19H,10-11,13H2,1H3. The fourth-order valence-electron chi connectivity index (χ4n) is 2.39. The van der Waals surface area contributed by atoms with E-state index in [-0.39, 0.29) is 5.82 Å². The molecule has 0 heterocycles. The molecule has 0 aromatic heterocycles. The molecule has 0 radical (unpaired) electrons. The first-order valence-electron chi connectivity index (χ1n) is 6.73. The van der Waals surface area contributed by atoms with Gasteiger partial charge in [0, 0.05) is 6.54 Å². The maximum absolute atomic E-state index is 13.2. The van der Waals surface area contributed by atoms with Gasteiger partial charge in [-0.2, -0.15) is 0 Å². The molecule has 1 unspecified atom stereocenters. The predicted octanol–water partition coefficient (Wildman–Crippen LogP) is 3.76. The van der Waals surface area contributed by atoms with E-state index in [0.717, 1.165) is 24.9 Å². The van der Waals surface area contributed by atoms with Gasteiger partial charge in [0.2, 0.25) is 0 Å². The van der Waals surface area contributed by atoms with Crippen LogP contribution in [0.1, 0.15) is 23.5 Å². The summed E-state index contributed by atoms with van der Waals surface area (Å²) < 4.78 is 13.2. The van der Waals surface area contributed by atoms with Crippen LogP contribution in [0.5, 0.6) is 0 Å². The normalized spacial score (nSPS) is 12.3. The SMILES string of the molecule is CNCC(CCc1cccc(F)c1)c1ccccc1. The number of aryl methyl sites for hydroxylation is 1. The second-order valence-corrected chi connectivity index (χ2v) is 4.83. The first-order chi connectivity index (χ1) is 9.29. The fourth-order valence-corrected chi connectivity index (χ4v) is 2.39. The van der Waals surface area contributed by atoms with E-state index < -0.39 is 0 Å². The van der Waals surface area contributed by atoms with E-state index in [1.807, 2.05) is 19.2 Å². The summed E-state index contributed by atoms with van der Waals surface area (Å²) in [4.78, 5) is 0. The molecule has 1 N–H and O–H groups in total. The Balaban J connectivity index is 2.01. The summed E-state index contributed by atoms with van der Waals surface area (Å²) in [7, 11) is 1.97. The summed E-state index contributed by atoms with van der Waals surface area (Å²) in [5, 5.41) is 3.24. The Labute approximate surface area is 114 Å². The van der Waals surface area contributed by atoms with Crippen molar-refractivity contribution < 1.29 is 4.39 Å². The molecule has 1 nitrogen and oxygen atoms in total. The Kier molecular flexibility index (Phi) is 5.10. The number of likely N-dealkylation sites (N-methyl/N-ethyl adjacent to an activating group) is 1. The first-order valence-corrected chi connectivity index (χ1v) is 6.73. The van der Waals surface area contributed by atoms with E-state index >= 15 is 0 Å². The Morgan fingerprint density at radius 1 is 1.05 bits per heavy atom. The molecular weight excluding hydrogens is 237 g/mol. The minimum absolute atomic E-state index is 0.151. The molecule has 100 valence electrons. The van der Waals surface area contributed by atoms with Crippen LogP contribution in [-0.2, 0) is 6.42 Å². The average Bonchev–Trinajstić information content (AvgIpc) is 2.44. The van der Waals surface area contributed by atoms with Crippen LogP contribution in [0.3, 0.4) is 0 Å². The number of hydrogen-bond donors (Lipinski definition) is 1. The Morgan fingerprint density at radius 2 is 1.84 bits per heavy atom. The summed E-state index contributed by atoms with van der Waals surface area (Å²) in [5.74, 6) is 0.317. The molecule has 0 aliphatic carbocycles. The molecule has 0 amide bonds. The van der Waals surface area contributed by atoms with Crippen LogP contribution in [-0.4, -0.2) is 13.6 Å². The molecular formula is C17H20FN. The molecule has 0 fully saturated rings. The summed E-state index contributed by atoms with van der Waals surface area (Å²) in [6.45, 7) is 0.944. The zero-order valence-electron chi connectivity index (χ0n) is 11.3. The first kappa shape index (κ1) is 13.8. The molecule has 0 saturated heterocycles. The minimum atomic E-state index is -0.151. The maximum atomic E-state index is 13.2. The van der Waals surface area contributed by atoms with Crippen molar-refractivity contribution >= 4 is 0 Å². The van der Waals surface area contributed by atoms with Gasteiger partial charge in [-0.05, 0) is 49.1 Å². The van der Waals surface area contributed by atoms with Crippen LogP contribution < -0.4 is 5.32 Å². The number of rotatable bonds is 6. The lowest BCUT2D eigenvalue weighted by molar-refractivity contribution is 0.580. The third kappa shape index (κ3) is 4.18. The van der Waals surface area contributed by atoms with Gasteiger partial charge in [-0.1, -0.05) is 42.5 Å². The van der Waals surface area contributed by atoms with Gasteiger partial charge in [-0.25, -0.2) is 4.39 Å². The zero-order chi connectivity index (χ0) is 13.5. The largest absolute Gasteiger partial charge is 0.319 e. The van der Waals surface area contributed by atoms with Crippen molar-refractivity contribution in [2.45, 2.75) is 18.8 Å². The summed E-state index contributed by atoms with van der Waals surface area (Å²) in [6, 6.07) is 17.4. The van der Waals surface area contributed by atoms with E-state index in [0.29, 0.717) is 5.92 Å². The van der Waals surface area contributed by atoms with Crippen LogP contribution >= 0.6 is 0 Å². The van der Waals surface area contributed by atoms with Crippen LogP contribution in [0.2, 0.25) is 0 Å². The highest BCUT2D eigenvalue weighted by Crippen LogP contribution is 2.21. The molecule has 0 bridgehead atoms. The van der Waals surface area contributed by atoms with Gasteiger partial charge < -0.3 is 5.32 Å². The van der Waals surface area contributed by atoms with Gasteiger partial charge in [0.25, 0.3) is 0 Å². The summed E-state index contributed by atoms with van der Waals surface area (Å²) in [6.07, 6.45) is 1.92. The van der Waals surface area contributed by atoms with Gasteiger partial charge in [0.15, 0.2) is 0 Å². The lowest BCUT2D eigenvalue weighted by Crippen LogP contribution is -2.17. The molecule has 2 aromatic rings. The third-order valence-electron chi connectivity index (χ3n) is 3.39. The van der Waals surface area contributed by atoms with Crippen LogP contribution in [0.4, 0.5) is 4.39 Å². The Bertz CT molecular complexity index is 496. The van der Waals surface area contributed by atoms with Crippen molar-refractivity contribution in [1.29, 1.82) is 0 Å². The van der Waals surface area contributed by atoms with Crippen molar-refractivity contribution in [2.75, 3.05) is 13.6 Å². The maximum Gasteiger partial charge on any atom is 0.123 e. The van der Waals surface area contributed by atoms with Gasteiger partial charge in [0.05, 0.1) is 0 Å². The molecule has 2 rings (SSSR count). The monoisotopic (exact) mass is 257 g/mol. The second-order valence-electron chi connectivity index (χ2n) is 4.83. The molecule has 2 aromatic carbocycles. The second kappa shape index (κ2) is 7.05. The van der Waals surface area contributed by atoms with E-state index in [4.69, 9.17) is 0 Å². The van der Waals surface area contributed by atoms with E-state index in [1.165, 1.54) is 11.6 Å². The lowest BCUT2D eigenvalue weighted by Gasteiger charge is -2.17. The van der Waals surface area contributed by atoms with Crippen LogP contribution in [0.25, 0.3) is 0 Å². The average molecular weight is 257 g/mol. The van der Waals surface area contributed by atoms with Crippen molar-refractivity contribution in [3.8, 4) is 0 Å². The highest BCUT2D eigenvalue weighted by atomic mass is 19.1. The molecule has 0 spiro atoms. The smallest absolute Gasteiger partial charge is 0.123 e. The van der Waals surface area contributed by atoms with Gasteiger partial charge >= 0.3 is 0 Å². The Morgan fingerprint density at radius 3 is 2.53 bits per heavy atom. The molecule has 0 aliphatic rings. The Hall–Kier alpha value is -1.67. The molecule has 19 heavy (non-hydrogen) atoms. The number of hydrogen-bond acceptors (Lipinski definition) is 1. The van der Waals surface area contributed by atoms with Crippen molar-refractivity contribution in [3.63, 3.8) is 0 Å². The summed E-state index contributed by atoms with van der Waals surface area (Å²) in [5.41, 5.74) is 2.41. The lowest BCUT2D eigenvalue weighted by atomic mass is 9.92. The van der Waals surface area contributed by atoms with E-state index in [1.54, 1.807) is 12.1 Å². The summed E-state index contributed by atoms with van der Waals surface area (Å²) >= 11 is 0. The highest BCUT2D eigenvalue weighted by molar-refractivity contribution is 5.21. The number of benzene rings is 2. The topological polar surface area (TPSA) is 12.0 Å². The van der Waals surface area contributed by atoms with Crippen LogP contribution in [0, 0.1) is 5.82 Å². The van der Waals surface area contributed by atoms with Gasteiger partial charge in [0.1, 0.15) is 5.82 Å². The van der Waals surface area contributed by atoms with Gasteiger partial charge in [-0.3, -0.25) is 0 Å². The van der Waals surface area contributed by atoms with Crippen molar-refractivity contribution in [1.82, 2.24) is 5.32 Å². The fraction of sp³-hybridized carbons (Fsp3) is 0.294. The number of halogens is 1. The molecule has 1 atom stereocenters. The zero-order valence-corrected chi connectivity index (χ0v) is 11.3. The highest BCUT2D eigenvalue weighted by Gasteiger charge is 2.10. The van der Waals surface area contributed by atoms with E-state index in [2.05, 4.69) is 29.6 Å². The predicted molar refractivity (Wildman–Crippen MR) is 77.8 cm³/mol. The third-order valence-corrected chi connectivity index (χ3v) is 3.39. The minimum Gasteiger partial charge on any atom is -0.319 e. The van der Waals surface area contributed by atoms with Crippen molar-refractivity contribution in [2.24, 2.45) is 0 Å². The quantitative estimate of drug-likeness (QED) is 0.830. The van der Waals surface area contributed by atoms with Crippen molar-refractivity contribution in [3.05, 3.63) is 71.5 Å². The number of nitrogens with one attached hydrogen (secondary N) is 1. The van der Waals surface area contributed by atoms with Gasteiger partial charge in [-0.15, -0.1) is 0 Å². The molecule has 0 saturated carbocycles.